The fourth-order valence-corrected chi connectivity index (χ4v) is 1.48. The summed E-state index contributed by atoms with van der Waals surface area (Å²) in [6, 6.07) is 1.11. The highest BCUT2D eigenvalue weighted by Crippen LogP contribution is 2.24. The van der Waals surface area contributed by atoms with Crippen LogP contribution in [0.2, 0.25) is 0 Å². The van der Waals surface area contributed by atoms with Crippen LogP contribution in [0.5, 0.6) is 5.75 Å². The first-order valence-electron chi connectivity index (χ1n) is 5.74. The van der Waals surface area contributed by atoms with E-state index in [0.29, 0.717) is 5.56 Å². The van der Waals surface area contributed by atoms with Crippen molar-refractivity contribution in [2.24, 2.45) is 5.73 Å². The van der Waals surface area contributed by atoms with Crippen LogP contribution in [0.4, 0.5) is 13.6 Å². The summed E-state index contributed by atoms with van der Waals surface area (Å²) in [5.74, 6) is -3.45. The average Bonchev–Trinajstić information content (AvgIpc) is 2.33. The molecule has 0 bridgehead atoms. The number of benzene rings is 1. The number of amides is 3. The first kappa shape index (κ1) is 15.8. The molecule has 1 unspecified atom stereocenters. The number of hydrogen-bond donors (Lipinski definition) is 3. The topological polar surface area (TPSA) is 93.4 Å². The number of carbonyl (C=O) groups is 2. The van der Waals surface area contributed by atoms with E-state index < -0.39 is 35.4 Å². The Kier molecular flexibility index (Phi) is 5.39. The van der Waals surface area contributed by atoms with Gasteiger partial charge in [0, 0.05) is 6.54 Å². The van der Waals surface area contributed by atoms with Crippen LogP contribution >= 0.6 is 0 Å². The summed E-state index contributed by atoms with van der Waals surface area (Å²) in [7, 11) is 1.64. The highest BCUT2D eigenvalue weighted by atomic mass is 19.1. The van der Waals surface area contributed by atoms with Crippen molar-refractivity contribution in [1.29, 1.82) is 0 Å². The number of nitrogens with two attached hydrogens (primary N) is 1. The molecule has 0 aliphatic heterocycles. The smallest absolute Gasteiger partial charge is 0.318 e. The van der Waals surface area contributed by atoms with Gasteiger partial charge in [-0.05, 0) is 31.7 Å². The highest BCUT2D eigenvalue weighted by Gasteiger charge is 2.21. The van der Waals surface area contributed by atoms with Crippen molar-refractivity contribution < 1.29 is 23.1 Å². The molecule has 0 fully saturated rings. The molecule has 1 rings (SSSR count). The summed E-state index contributed by atoms with van der Waals surface area (Å²) in [5, 5.41) is 4.50. The Hall–Kier alpha value is -2.22. The van der Waals surface area contributed by atoms with Crippen LogP contribution in [0.3, 0.4) is 0 Å². The standard InChI is InChI=1S/C12H15F2N3O3/c1-6(11(18)17-12(15)19)20-10-8(13)3-7(5-16-2)4-9(10)14/h3-4,6,16H,5H2,1-2H3,(H3,15,17,18,19). The van der Waals surface area contributed by atoms with E-state index >= 15 is 0 Å². The van der Waals surface area contributed by atoms with Crippen LogP contribution in [0, 0.1) is 11.6 Å². The third kappa shape index (κ3) is 4.16. The molecular formula is C12H15F2N3O3. The van der Waals surface area contributed by atoms with E-state index in [-0.39, 0.29) is 6.54 Å². The predicted octanol–water partition coefficient (Wildman–Crippen LogP) is 0.646. The molecule has 3 amide bonds. The number of primary amides is 1. The zero-order valence-electron chi connectivity index (χ0n) is 11.0. The molecule has 1 aromatic carbocycles. The van der Waals surface area contributed by atoms with Crippen molar-refractivity contribution in [2.75, 3.05) is 7.05 Å². The van der Waals surface area contributed by atoms with Gasteiger partial charge in [-0.2, -0.15) is 0 Å². The number of hydrogen-bond acceptors (Lipinski definition) is 4. The van der Waals surface area contributed by atoms with Gasteiger partial charge in [0.25, 0.3) is 5.91 Å². The average molecular weight is 287 g/mol. The SMILES string of the molecule is CNCc1cc(F)c(OC(C)C(=O)NC(N)=O)c(F)c1. The number of nitrogens with one attached hydrogen (secondary N) is 2. The maximum Gasteiger partial charge on any atom is 0.318 e. The van der Waals surface area contributed by atoms with Crippen molar-refractivity contribution in [1.82, 2.24) is 10.6 Å². The Morgan fingerprint density at radius 1 is 1.35 bits per heavy atom. The molecule has 0 saturated heterocycles. The normalized spacial score (nSPS) is 11.8. The first-order valence-corrected chi connectivity index (χ1v) is 5.74. The van der Waals surface area contributed by atoms with Gasteiger partial charge in [0.2, 0.25) is 0 Å². The minimum Gasteiger partial charge on any atom is -0.475 e. The second-order valence-corrected chi connectivity index (χ2v) is 4.03. The van der Waals surface area contributed by atoms with Gasteiger partial charge in [-0.3, -0.25) is 10.1 Å². The van der Waals surface area contributed by atoms with Crippen molar-refractivity contribution in [3.63, 3.8) is 0 Å². The largest absolute Gasteiger partial charge is 0.475 e. The quantitative estimate of drug-likeness (QED) is 0.741. The molecule has 1 atom stereocenters. The number of urea groups is 1. The van der Waals surface area contributed by atoms with Crippen molar-refractivity contribution >= 4 is 11.9 Å². The van der Waals surface area contributed by atoms with Crippen LogP contribution in [-0.4, -0.2) is 25.1 Å². The predicted molar refractivity (Wildman–Crippen MR) is 66.9 cm³/mol. The molecular weight excluding hydrogens is 272 g/mol. The van der Waals surface area contributed by atoms with E-state index in [1.807, 2.05) is 0 Å². The number of rotatable bonds is 5. The molecule has 0 aliphatic rings. The van der Waals surface area contributed by atoms with Crippen LogP contribution < -0.4 is 21.1 Å². The number of halogens is 2. The molecule has 0 aromatic heterocycles. The fraction of sp³-hybridized carbons (Fsp3) is 0.333. The molecule has 0 aliphatic carbocycles. The minimum atomic E-state index is -1.28. The van der Waals surface area contributed by atoms with Crippen LogP contribution in [0.1, 0.15) is 12.5 Å². The molecule has 0 saturated carbocycles. The van der Waals surface area contributed by atoms with Crippen molar-refractivity contribution in [3.8, 4) is 5.75 Å². The summed E-state index contributed by atoms with van der Waals surface area (Å²) < 4.78 is 32.3. The van der Waals surface area contributed by atoms with Gasteiger partial charge >= 0.3 is 6.03 Å². The Labute approximate surface area is 114 Å². The third-order valence-electron chi connectivity index (χ3n) is 2.35. The third-order valence-corrected chi connectivity index (χ3v) is 2.35. The lowest BCUT2D eigenvalue weighted by atomic mass is 10.2. The molecule has 0 spiro atoms. The Morgan fingerprint density at radius 2 is 1.90 bits per heavy atom. The van der Waals surface area contributed by atoms with Gasteiger partial charge in [-0.1, -0.05) is 0 Å². The van der Waals surface area contributed by atoms with E-state index in [9.17, 15) is 18.4 Å². The summed E-state index contributed by atoms with van der Waals surface area (Å²) in [5.41, 5.74) is 5.15. The van der Waals surface area contributed by atoms with Crippen LogP contribution in [0.25, 0.3) is 0 Å². The summed E-state index contributed by atoms with van der Waals surface area (Å²) in [4.78, 5) is 21.9. The van der Waals surface area contributed by atoms with E-state index in [1.54, 1.807) is 12.4 Å². The maximum atomic E-state index is 13.7. The van der Waals surface area contributed by atoms with Gasteiger partial charge < -0.3 is 15.8 Å². The second-order valence-electron chi connectivity index (χ2n) is 4.03. The van der Waals surface area contributed by atoms with Crippen molar-refractivity contribution in [3.05, 3.63) is 29.3 Å². The molecule has 0 heterocycles. The monoisotopic (exact) mass is 287 g/mol. The summed E-state index contributed by atoms with van der Waals surface area (Å²) >= 11 is 0. The molecule has 110 valence electrons. The van der Waals surface area contributed by atoms with Gasteiger partial charge in [0.15, 0.2) is 23.5 Å². The first-order chi connectivity index (χ1) is 9.35. The molecule has 0 radical (unpaired) electrons. The Balaban J connectivity index is 2.87. The number of ether oxygens (including phenoxy) is 1. The zero-order valence-corrected chi connectivity index (χ0v) is 11.0. The number of carbonyl (C=O) groups excluding carboxylic acids is 2. The van der Waals surface area contributed by atoms with Crippen molar-refractivity contribution in [2.45, 2.75) is 19.6 Å². The van der Waals surface area contributed by atoms with E-state index in [1.165, 1.54) is 6.92 Å². The van der Waals surface area contributed by atoms with Gasteiger partial charge in [0.05, 0.1) is 0 Å². The van der Waals surface area contributed by atoms with Gasteiger partial charge in [0.1, 0.15) is 0 Å². The lowest BCUT2D eigenvalue weighted by Gasteiger charge is -2.15. The second kappa shape index (κ2) is 6.80. The minimum absolute atomic E-state index is 0.284. The van der Waals surface area contributed by atoms with E-state index in [2.05, 4.69) is 5.32 Å². The lowest BCUT2D eigenvalue weighted by molar-refractivity contribution is -0.126. The highest BCUT2D eigenvalue weighted by molar-refractivity contribution is 5.95. The lowest BCUT2D eigenvalue weighted by Crippen LogP contribution is -2.42. The van der Waals surface area contributed by atoms with Gasteiger partial charge in [-0.25, -0.2) is 13.6 Å². The zero-order chi connectivity index (χ0) is 15.3. The van der Waals surface area contributed by atoms with Crippen LogP contribution in [0.15, 0.2) is 12.1 Å². The molecule has 20 heavy (non-hydrogen) atoms. The van der Waals surface area contributed by atoms with E-state index in [0.717, 1.165) is 12.1 Å². The molecule has 8 heteroatoms. The molecule has 1 aromatic rings. The van der Waals surface area contributed by atoms with Gasteiger partial charge in [-0.15, -0.1) is 0 Å². The molecule has 6 nitrogen and oxygen atoms in total. The van der Waals surface area contributed by atoms with E-state index in [4.69, 9.17) is 10.5 Å². The van der Waals surface area contributed by atoms with Crippen LogP contribution in [-0.2, 0) is 11.3 Å². The number of imide groups is 1. The summed E-state index contributed by atoms with van der Waals surface area (Å²) in [6.07, 6.45) is -1.28. The summed E-state index contributed by atoms with van der Waals surface area (Å²) in [6.45, 7) is 1.52. The Morgan fingerprint density at radius 3 is 2.35 bits per heavy atom. The molecule has 4 N–H and O–H groups in total. The fourth-order valence-electron chi connectivity index (χ4n) is 1.48. The maximum absolute atomic E-state index is 13.7. The Bertz CT molecular complexity index is 500.